The molecule has 3 heteroatoms. The molecule has 10 heavy (non-hydrogen) atoms. The van der Waals surface area contributed by atoms with Crippen LogP contribution in [-0.2, 0) is 6.54 Å². The van der Waals surface area contributed by atoms with Gasteiger partial charge in [0.15, 0.2) is 6.20 Å². The van der Waals surface area contributed by atoms with E-state index in [-0.39, 0.29) is 17.0 Å². The summed E-state index contributed by atoms with van der Waals surface area (Å²) < 4.78 is 1.97. The zero-order chi connectivity index (χ0) is 6.69. The van der Waals surface area contributed by atoms with Gasteiger partial charge in [0.2, 0.25) is 0 Å². The molecule has 1 nitrogen and oxygen atoms in total. The van der Waals surface area contributed by atoms with Crippen molar-refractivity contribution in [2.45, 2.75) is 13.5 Å². The summed E-state index contributed by atoms with van der Waals surface area (Å²) >= 11 is 5.79. The third-order valence-electron chi connectivity index (χ3n) is 1.23. The fourth-order valence-corrected chi connectivity index (χ4v) is 0.961. The van der Waals surface area contributed by atoms with E-state index >= 15 is 0 Å². The third kappa shape index (κ3) is 2.27. The Bertz CT molecular complexity index is 203. The molecule has 0 saturated carbocycles. The molecule has 0 bridgehead atoms. The van der Waals surface area contributed by atoms with Gasteiger partial charge < -0.3 is 17.0 Å². The van der Waals surface area contributed by atoms with Gasteiger partial charge in [0.1, 0.15) is 6.54 Å². The number of pyridine rings is 1. The Morgan fingerprint density at radius 1 is 1.50 bits per heavy atom. The van der Waals surface area contributed by atoms with E-state index in [1.54, 1.807) is 0 Å². The number of hydrogen-bond acceptors (Lipinski definition) is 0. The number of aryl methyl sites for hydroxylation is 1. The van der Waals surface area contributed by atoms with Gasteiger partial charge in [-0.25, -0.2) is 0 Å². The van der Waals surface area contributed by atoms with Gasteiger partial charge in [-0.15, -0.1) is 0 Å². The molecule has 56 valence electrons. The minimum atomic E-state index is 0. The zero-order valence-electron chi connectivity index (χ0n) is 5.72. The van der Waals surface area contributed by atoms with Crippen molar-refractivity contribution in [2.24, 2.45) is 0 Å². The van der Waals surface area contributed by atoms with Crippen molar-refractivity contribution in [1.29, 1.82) is 0 Å². The van der Waals surface area contributed by atoms with Crippen molar-refractivity contribution in [3.8, 4) is 0 Å². The highest BCUT2D eigenvalue weighted by Gasteiger charge is 1.99. The van der Waals surface area contributed by atoms with E-state index in [1.807, 2.05) is 29.0 Å². The van der Waals surface area contributed by atoms with Crippen molar-refractivity contribution in [1.82, 2.24) is 0 Å². The quantitative estimate of drug-likeness (QED) is 0.409. The minimum Gasteiger partial charge on any atom is -1.00 e. The summed E-state index contributed by atoms with van der Waals surface area (Å²) in [6.07, 6.45) is 1.96. The standard InChI is InChI=1S/C7H9ClN.BrH/c1-2-9-6-4-3-5-7(9)8;/h3-6H,2H2,1H3;1H/q+1;/p-1. The van der Waals surface area contributed by atoms with Gasteiger partial charge in [0.25, 0.3) is 5.15 Å². The molecule has 0 radical (unpaired) electrons. The monoisotopic (exact) mass is 221 g/mol. The third-order valence-corrected chi connectivity index (χ3v) is 1.57. The van der Waals surface area contributed by atoms with Gasteiger partial charge in [-0.05, 0) is 24.6 Å². The Labute approximate surface area is 76.4 Å². The Hall–Kier alpha value is -0.0800. The molecule has 0 N–H and O–H groups in total. The second-order valence-electron chi connectivity index (χ2n) is 1.81. The first-order chi connectivity index (χ1) is 4.34. The summed E-state index contributed by atoms with van der Waals surface area (Å²) in [4.78, 5) is 0. The highest BCUT2D eigenvalue weighted by Crippen LogP contribution is 1.97. The first-order valence-corrected chi connectivity index (χ1v) is 3.36. The smallest absolute Gasteiger partial charge is 0.274 e. The van der Waals surface area contributed by atoms with Gasteiger partial charge in [-0.3, -0.25) is 0 Å². The van der Waals surface area contributed by atoms with Crippen LogP contribution >= 0.6 is 11.6 Å². The predicted octanol–water partition coefficient (Wildman–Crippen LogP) is -1.35. The van der Waals surface area contributed by atoms with Crippen LogP contribution in [0.3, 0.4) is 0 Å². The molecule has 0 saturated heterocycles. The zero-order valence-corrected chi connectivity index (χ0v) is 8.06. The maximum atomic E-state index is 5.79. The molecule has 0 spiro atoms. The van der Waals surface area contributed by atoms with E-state index in [0.29, 0.717) is 0 Å². The second kappa shape index (κ2) is 4.69. The lowest BCUT2D eigenvalue weighted by molar-refractivity contribution is -0.691. The summed E-state index contributed by atoms with van der Waals surface area (Å²) in [6.45, 7) is 2.99. The number of hydrogen-bond donors (Lipinski definition) is 0. The van der Waals surface area contributed by atoms with Gasteiger partial charge in [0.05, 0.1) is 0 Å². The highest BCUT2D eigenvalue weighted by atomic mass is 79.9. The van der Waals surface area contributed by atoms with E-state index in [9.17, 15) is 0 Å². The number of rotatable bonds is 1. The van der Waals surface area contributed by atoms with Crippen LogP contribution in [0.15, 0.2) is 24.4 Å². The van der Waals surface area contributed by atoms with Gasteiger partial charge >= 0.3 is 0 Å². The average molecular weight is 223 g/mol. The molecule has 0 fully saturated rings. The van der Waals surface area contributed by atoms with Crippen LogP contribution in [0, 0.1) is 0 Å². The van der Waals surface area contributed by atoms with Crippen LogP contribution in [-0.4, -0.2) is 0 Å². The number of halogens is 2. The SMILES string of the molecule is CC[n+]1ccccc1Cl.[Br-]. The van der Waals surface area contributed by atoms with E-state index < -0.39 is 0 Å². The molecule has 0 aliphatic rings. The summed E-state index contributed by atoms with van der Waals surface area (Å²) in [5, 5.41) is 0.792. The minimum absolute atomic E-state index is 0. The first-order valence-electron chi connectivity index (χ1n) is 2.98. The summed E-state index contributed by atoms with van der Waals surface area (Å²) in [5.74, 6) is 0. The van der Waals surface area contributed by atoms with Gasteiger partial charge in [-0.1, -0.05) is 0 Å². The largest absolute Gasteiger partial charge is 1.00 e. The lowest BCUT2D eigenvalue weighted by Gasteiger charge is -1.90. The topological polar surface area (TPSA) is 3.88 Å². The Balaban J connectivity index is 0.000000810. The first kappa shape index (κ1) is 9.92. The van der Waals surface area contributed by atoms with Crippen LogP contribution in [0.2, 0.25) is 5.15 Å². The maximum Gasteiger partial charge on any atom is 0.274 e. The van der Waals surface area contributed by atoms with Gasteiger partial charge in [0, 0.05) is 12.1 Å². The lowest BCUT2D eigenvalue weighted by atomic mass is 10.5. The Morgan fingerprint density at radius 3 is 2.60 bits per heavy atom. The van der Waals surface area contributed by atoms with Crippen molar-refractivity contribution in [3.63, 3.8) is 0 Å². The van der Waals surface area contributed by atoms with Crippen molar-refractivity contribution in [3.05, 3.63) is 29.5 Å². The van der Waals surface area contributed by atoms with E-state index in [2.05, 4.69) is 6.92 Å². The van der Waals surface area contributed by atoms with E-state index in [4.69, 9.17) is 11.6 Å². The van der Waals surface area contributed by atoms with E-state index in [1.165, 1.54) is 0 Å². The normalized spacial score (nSPS) is 8.60. The molecular weight excluding hydrogens is 213 g/mol. The predicted molar refractivity (Wildman–Crippen MR) is 37.3 cm³/mol. The Morgan fingerprint density at radius 2 is 2.20 bits per heavy atom. The summed E-state index contributed by atoms with van der Waals surface area (Å²) in [5.41, 5.74) is 0. The molecule has 1 aromatic heterocycles. The molecule has 1 aromatic rings. The second-order valence-corrected chi connectivity index (χ2v) is 2.20. The van der Waals surface area contributed by atoms with E-state index in [0.717, 1.165) is 11.7 Å². The fourth-order valence-electron chi connectivity index (χ4n) is 0.712. The summed E-state index contributed by atoms with van der Waals surface area (Å²) in [6, 6.07) is 5.77. The van der Waals surface area contributed by atoms with Crippen LogP contribution < -0.4 is 21.5 Å². The maximum absolute atomic E-state index is 5.79. The summed E-state index contributed by atoms with van der Waals surface area (Å²) in [7, 11) is 0. The molecule has 0 aliphatic heterocycles. The highest BCUT2D eigenvalue weighted by molar-refractivity contribution is 6.28. The van der Waals surface area contributed by atoms with Crippen molar-refractivity contribution in [2.75, 3.05) is 0 Å². The van der Waals surface area contributed by atoms with Crippen molar-refractivity contribution >= 4 is 11.6 Å². The van der Waals surface area contributed by atoms with Crippen LogP contribution in [0.1, 0.15) is 6.92 Å². The van der Waals surface area contributed by atoms with Crippen molar-refractivity contribution < 1.29 is 21.5 Å². The lowest BCUT2D eigenvalue weighted by Crippen LogP contribution is -3.00. The molecular formula is C7H9BrClN. The fraction of sp³-hybridized carbons (Fsp3) is 0.286. The molecule has 0 atom stereocenters. The van der Waals surface area contributed by atoms with Gasteiger partial charge in [-0.2, -0.15) is 4.57 Å². The number of aromatic nitrogens is 1. The molecule has 0 unspecified atom stereocenters. The molecule has 1 heterocycles. The molecule has 1 rings (SSSR count). The number of nitrogens with zero attached hydrogens (tertiary/aromatic N) is 1. The average Bonchev–Trinajstić information content (AvgIpc) is 1.89. The Kier molecular flexibility index (Phi) is 4.65. The van der Waals surface area contributed by atoms with Crippen LogP contribution in [0.5, 0.6) is 0 Å². The molecule has 0 aromatic carbocycles. The van der Waals surface area contributed by atoms with Crippen LogP contribution in [0.4, 0.5) is 0 Å². The molecule has 0 aliphatic carbocycles. The molecule has 0 amide bonds. The van der Waals surface area contributed by atoms with Crippen LogP contribution in [0.25, 0.3) is 0 Å².